The van der Waals surface area contributed by atoms with Crippen LogP contribution in [0.25, 0.3) is 0 Å². The van der Waals surface area contributed by atoms with Gasteiger partial charge in [-0.1, -0.05) is 91.0 Å². The third kappa shape index (κ3) is 8.61. The van der Waals surface area contributed by atoms with E-state index >= 15 is 0 Å². The average molecular weight is 619 g/mol. The van der Waals surface area contributed by atoms with Crippen LogP contribution in [0, 0.1) is 0 Å². The Labute approximate surface area is 237 Å². The third-order valence-electron chi connectivity index (χ3n) is 6.39. The highest BCUT2D eigenvalue weighted by atomic mass is 28.5. The fourth-order valence-electron chi connectivity index (χ4n) is 4.50. The van der Waals surface area contributed by atoms with Crippen LogP contribution in [0.4, 0.5) is 0 Å². The lowest BCUT2D eigenvalue weighted by Crippen LogP contribution is -2.68. The predicted octanol–water partition coefficient (Wildman–Crippen LogP) is 3.34. The molecule has 206 valence electrons. The second kappa shape index (κ2) is 13.9. The van der Waals surface area contributed by atoms with E-state index in [0.29, 0.717) is 0 Å². The van der Waals surface area contributed by atoms with E-state index in [0.717, 1.165) is 10.4 Å². The van der Waals surface area contributed by atoms with Crippen LogP contribution in [-0.2, 0) is 25.0 Å². The molecule has 0 aliphatic rings. The number of rotatable bonds is 14. The van der Waals surface area contributed by atoms with Gasteiger partial charge in [-0.2, -0.15) is 0 Å². The zero-order valence-corrected chi connectivity index (χ0v) is 30.3. The van der Waals surface area contributed by atoms with Crippen LogP contribution in [0.5, 0.6) is 0 Å². The molecule has 0 fully saturated rings. The van der Waals surface area contributed by atoms with E-state index in [9.17, 15) is 0 Å². The minimum absolute atomic E-state index is 1.07. The molecule has 0 aromatic heterocycles. The molecule has 5 unspecified atom stereocenters. The molecule has 0 spiro atoms. The lowest BCUT2D eigenvalue weighted by atomic mass is 10.4. The van der Waals surface area contributed by atoms with Crippen LogP contribution in [0.3, 0.4) is 0 Å². The van der Waals surface area contributed by atoms with Crippen LogP contribution >= 0.6 is 0 Å². The molecule has 38 heavy (non-hydrogen) atoms. The first-order valence-corrected chi connectivity index (χ1v) is 26.9. The minimum atomic E-state index is -2.98. The van der Waals surface area contributed by atoms with Gasteiger partial charge in [-0.05, 0) is 61.4 Å². The van der Waals surface area contributed by atoms with Crippen LogP contribution in [-0.4, -0.2) is 60.4 Å². The quantitative estimate of drug-likeness (QED) is 0.259. The van der Waals surface area contributed by atoms with Gasteiger partial charge in [0.05, 0.1) is 0 Å². The van der Waals surface area contributed by atoms with Gasteiger partial charge in [0.1, 0.15) is 0 Å². The Morgan fingerprint density at radius 3 is 1.39 bits per heavy atom. The number of hydrogen-bond acceptors (Lipinski definition) is 6. The summed E-state index contributed by atoms with van der Waals surface area (Å²) in [5.74, 6) is 0. The Morgan fingerprint density at radius 2 is 0.921 bits per heavy atom. The van der Waals surface area contributed by atoms with Gasteiger partial charge in [0.25, 0.3) is 9.28 Å². The van der Waals surface area contributed by atoms with E-state index in [1.807, 2.05) is 43.4 Å². The third-order valence-corrected chi connectivity index (χ3v) is 27.5. The van der Waals surface area contributed by atoms with E-state index in [-0.39, 0.29) is 0 Å². The van der Waals surface area contributed by atoms with Gasteiger partial charge in [0.2, 0.25) is 8.32 Å². The molecule has 3 aromatic rings. The van der Waals surface area contributed by atoms with Gasteiger partial charge in [-0.3, -0.25) is 0 Å². The normalized spacial score (nSPS) is 17.7. The van der Waals surface area contributed by atoms with Crippen molar-refractivity contribution in [1.82, 2.24) is 0 Å². The van der Waals surface area contributed by atoms with E-state index in [1.54, 1.807) is 7.11 Å². The summed E-state index contributed by atoms with van der Waals surface area (Å²) in [7, 11) is -12.2. The number of hydrogen-bond donors (Lipinski definition) is 0. The lowest BCUT2D eigenvalue weighted by molar-refractivity contribution is 0.294. The van der Waals surface area contributed by atoms with Gasteiger partial charge in [-0.15, -0.1) is 0 Å². The summed E-state index contributed by atoms with van der Waals surface area (Å²) in [5.41, 5.74) is 0. The molecule has 0 radical (unpaired) electrons. The van der Waals surface area contributed by atoms with Gasteiger partial charge in [0.15, 0.2) is 0 Å². The van der Waals surface area contributed by atoms with Crippen molar-refractivity contribution in [2.75, 3.05) is 7.11 Å². The molecule has 0 aliphatic carbocycles. The molecule has 12 heteroatoms. The fourth-order valence-corrected chi connectivity index (χ4v) is 26.4. The molecule has 0 aliphatic heterocycles. The summed E-state index contributed by atoms with van der Waals surface area (Å²) in [6.45, 7) is 14.9. The smallest absolute Gasteiger partial charge is 0.351 e. The molecular weight excluding hydrogens is 577 g/mol. The topological polar surface area (TPSA) is 55.4 Å². The molecule has 6 nitrogen and oxygen atoms in total. The Balaban J connectivity index is 1.97. The van der Waals surface area contributed by atoms with Gasteiger partial charge >= 0.3 is 35.7 Å². The molecule has 3 rings (SSSR count). The van der Waals surface area contributed by atoms with Crippen molar-refractivity contribution in [2.24, 2.45) is 0 Å². The number of benzene rings is 3. The van der Waals surface area contributed by atoms with Crippen molar-refractivity contribution >= 4 is 68.9 Å². The van der Waals surface area contributed by atoms with E-state index in [2.05, 4.69) is 93.4 Å². The maximum atomic E-state index is 7.29. The van der Waals surface area contributed by atoms with Crippen molar-refractivity contribution in [1.29, 1.82) is 0 Å². The molecular formula is C26H42O6Si6. The van der Waals surface area contributed by atoms with Crippen molar-refractivity contribution in [3.63, 3.8) is 0 Å². The van der Waals surface area contributed by atoms with Crippen molar-refractivity contribution in [2.45, 2.75) is 45.8 Å². The molecule has 0 N–H and O–H groups in total. The molecule has 0 bridgehead atoms. The van der Waals surface area contributed by atoms with E-state index in [4.69, 9.17) is 25.0 Å². The molecule has 5 atom stereocenters. The second-order valence-corrected chi connectivity index (χ2v) is 27.2. The standard InChI is InChI=1S/C26H42O6Si6/c1-27-33(2)28-34(3)29-35(4)30-37(7,25-20-14-10-15-21-25)32-38(8,26-22-16-11-17-23-26)31-36(5,6)24-18-12-9-13-19-24/h9-23,33-35H,1-8H3. The molecule has 0 saturated heterocycles. The van der Waals surface area contributed by atoms with Gasteiger partial charge < -0.3 is 25.0 Å². The molecule has 0 saturated carbocycles. The Bertz CT molecular complexity index is 1110. The van der Waals surface area contributed by atoms with Crippen molar-refractivity contribution < 1.29 is 25.0 Å². The fraction of sp³-hybridized carbons (Fsp3) is 0.308. The molecule has 3 aromatic carbocycles. The van der Waals surface area contributed by atoms with Crippen LogP contribution in [0.1, 0.15) is 0 Å². The summed E-state index contributed by atoms with van der Waals surface area (Å²) < 4.78 is 39.2. The Morgan fingerprint density at radius 1 is 0.500 bits per heavy atom. The van der Waals surface area contributed by atoms with Gasteiger partial charge in [-0.25, -0.2) is 0 Å². The minimum Gasteiger partial charge on any atom is -0.429 e. The highest BCUT2D eigenvalue weighted by Crippen LogP contribution is 2.23. The zero-order valence-electron chi connectivity index (χ0n) is 23.8. The zero-order chi connectivity index (χ0) is 27.8. The first kappa shape index (κ1) is 31.3. The summed E-state index contributed by atoms with van der Waals surface area (Å²) in [6, 6.07) is 31.2. The summed E-state index contributed by atoms with van der Waals surface area (Å²) in [6.07, 6.45) is 0. The van der Waals surface area contributed by atoms with Crippen molar-refractivity contribution in [3.05, 3.63) is 91.0 Å². The van der Waals surface area contributed by atoms with Crippen LogP contribution < -0.4 is 15.6 Å². The Kier molecular flexibility index (Phi) is 11.4. The van der Waals surface area contributed by atoms with Crippen LogP contribution in [0.15, 0.2) is 91.0 Å². The Hall–Kier alpha value is -1.28. The average Bonchev–Trinajstić information content (AvgIpc) is 2.89. The lowest BCUT2D eigenvalue weighted by Gasteiger charge is -2.42. The predicted molar refractivity (Wildman–Crippen MR) is 170 cm³/mol. The SMILES string of the molecule is CO[SiH](C)O[SiH](C)O[SiH](C)O[Si](C)(O[Si](C)(O[Si](C)(C)c1ccccc1)c1ccccc1)c1ccccc1. The first-order chi connectivity index (χ1) is 18.0. The molecule has 0 heterocycles. The highest BCUT2D eigenvalue weighted by molar-refractivity contribution is 7.00. The van der Waals surface area contributed by atoms with Crippen LogP contribution in [0.2, 0.25) is 45.8 Å². The summed E-state index contributed by atoms with van der Waals surface area (Å²) >= 11 is 0. The summed E-state index contributed by atoms with van der Waals surface area (Å²) in [4.78, 5) is 0. The van der Waals surface area contributed by atoms with E-state index < -0.39 is 53.3 Å². The highest BCUT2D eigenvalue weighted by Gasteiger charge is 2.49. The maximum absolute atomic E-state index is 7.29. The monoisotopic (exact) mass is 618 g/mol. The van der Waals surface area contributed by atoms with E-state index in [1.165, 1.54) is 5.19 Å². The largest absolute Gasteiger partial charge is 0.429 e. The first-order valence-electron chi connectivity index (χ1n) is 13.1. The van der Waals surface area contributed by atoms with Gasteiger partial charge in [0, 0.05) is 7.11 Å². The maximum Gasteiger partial charge on any atom is 0.351 e. The van der Waals surface area contributed by atoms with Crippen molar-refractivity contribution in [3.8, 4) is 0 Å². The second-order valence-electron chi connectivity index (χ2n) is 10.0. The summed E-state index contributed by atoms with van der Waals surface area (Å²) in [5, 5.41) is 3.40. The molecule has 0 amide bonds.